The Balaban J connectivity index is 1.37. The van der Waals surface area contributed by atoms with Crippen LogP contribution in [-0.4, -0.2) is 25.4 Å². The lowest BCUT2D eigenvalue weighted by Gasteiger charge is -2.23. The maximum Gasteiger partial charge on any atom is 0.322 e. The molecule has 2 aromatic rings. The molecule has 124 valence electrons. The van der Waals surface area contributed by atoms with Crippen molar-refractivity contribution in [2.75, 3.05) is 18.2 Å². The fourth-order valence-corrected chi connectivity index (χ4v) is 3.37. The van der Waals surface area contributed by atoms with Crippen LogP contribution in [0.1, 0.15) is 18.1 Å². The van der Waals surface area contributed by atoms with Gasteiger partial charge in [0.05, 0.1) is 0 Å². The zero-order valence-electron chi connectivity index (χ0n) is 13.6. The number of carbonyl (C=O) groups is 1. The third-order valence-electron chi connectivity index (χ3n) is 4.55. The molecule has 0 aliphatic carbocycles. The van der Waals surface area contributed by atoms with Gasteiger partial charge in [0, 0.05) is 18.3 Å². The van der Waals surface area contributed by atoms with Crippen LogP contribution in [0.25, 0.3) is 0 Å². The maximum atomic E-state index is 12.6. The van der Waals surface area contributed by atoms with Gasteiger partial charge in [-0.1, -0.05) is 24.3 Å². The van der Waals surface area contributed by atoms with Crippen LogP contribution >= 0.6 is 0 Å². The second-order valence-electron chi connectivity index (χ2n) is 6.22. The van der Waals surface area contributed by atoms with E-state index in [2.05, 4.69) is 18.3 Å². The van der Waals surface area contributed by atoms with Gasteiger partial charge in [0.15, 0.2) is 11.5 Å². The molecule has 5 nitrogen and oxygen atoms in total. The van der Waals surface area contributed by atoms with Crippen molar-refractivity contribution < 1.29 is 14.3 Å². The average Bonchev–Trinajstić information content (AvgIpc) is 3.17. The first-order valence-corrected chi connectivity index (χ1v) is 8.26. The number of rotatable bonds is 3. The third kappa shape index (κ3) is 2.66. The highest BCUT2D eigenvalue weighted by molar-refractivity contribution is 5.94. The van der Waals surface area contributed by atoms with Crippen molar-refractivity contribution in [2.45, 2.75) is 25.8 Å². The molecule has 0 saturated carbocycles. The van der Waals surface area contributed by atoms with Crippen molar-refractivity contribution in [3.63, 3.8) is 0 Å². The Morgan fingerprint density at radius 1 is 1.21 bits per heavy atom. The van der Waals surface area contributed by atoms with Crippen LogP contribution in [0.2, 0.25) is 0 Å². The van der Waals surface area contributed by atoms with Gasteiger partial charge in [-0.15, -0.1) is 0 Å². The van der Waals surface area contributed by atoms with E-state index in [4.69, 9.17) is 9.47 Å². The molecule has 5 heteroatoms. The van der Waals surface area contributed by atoms with Gasteiger partial charge in [-0.2, -0.15) is 0 Å². The summed E-state index contributed by atoms with van der Waals surface area (Å²) in [4.78, 5) is 14.4. The van der Waals surface area contributed by atoms with Gasteiger partial charge in [0.25, 0.3) is 0 Å². The van der Waals surface area contributed by atoms with Crippen molar-refractivity contribution in [1.29, 1.82) is 0 Å². The number of benzene rings is 2. The number of fused-ring (bicyclic) bond motifs is 2. The Morgan fingerprint density at radius 3 is 2.96 bits per heavy atom. The lowest BCUT2D eigenvalue weighted by molar-refractivity contribution is 0.174. The van der Waals surface area contributed by atoms with Crippen molar-refractivity contribution >= 4 is 11.7 Å². The summed E-state index contributed by atoms with van der Waals surface area (Å²) in [6.45, 7) is 2.95. The fraction of sp³-hybridized carbons (Fsp3) is 0.316. The third-order valence-corrected chi connectivity index (χ3v) is 4.55. The summed E-state index contributed by atoms with van der Waals surface area (Å²) in [5.74, 6) is 1.56. The minimum Gasteiger partial charge on any atom is -0.454 e. The Bertz CT molecular complexity index is 775. The number of para-hydroxylation sites is 1. The minimum atomic E-state index is -0.0341. The number of anilines is 1. The molecule has 0 spiro atoms. The zero-order valence-corrected chi connectivity index (χ0v) is 13.6. The first kappa shape index (κ1) is 14.9. The van der Waals surface area contributed by atoms with E-state index in [1.54, 1.807) is 0 Å². The van der Waals surface area contributed by atoms with E-state index >= 15 is 0 Å². The zero-order chi connectivity index (χ0) is 16.5. The molecule has 0 bridgehead atoms. The van der Waals surface area contributed by atoms with Gasteiger partial charge in [-0.25, -0.2) is 4.79 Å². The summed E-state index contributed by atoms with van der Waals surface area (Å²) >= 11 is 0. The van der Waals surface area contributed by atoms with E-state index in [1.807, 2.05) is 41.3 Å². The van der Waals surface area contributed by atoms with E-state index < -0.39 is 0 Å². The minimum absolute atomic E-state index is 0.0341. The molecule has 0 fully saturated rings. The number of hydrogen-bond acceptors (Lipinski definition) is 3. The van der Waals surface area contributed by atoms with Crippen LogP contribution in [0.3, 0.4) is 0 Å². The molecule has 1 unspecified atom stereocenters. The molecule has 2 aliphatic heterocycles. The van der Waals surface area contributed by atoms with Gasteiger partial charge >= 0.3 is 6.03 Å². The van der Waals surface area contributed by atoms with E-state index in [9.17, 15) is 4.79 Å². The molecule has 2 amide bonds. The molecule has 1 N–H and O–H groups in total. The molecule has 0 saturated heterocycles. The highest BCUT2D eigenvalue weighted by Gasteiger charge is 2.30. The van der Waals surface area contributed by atoms with Gasteiger partial charge in [0.1, 0.15) is 0 Å². The Morgan fingerprint density at radius 2 is 2.04 bits per heavy atom. The molecule has 4 rings (SSSR count). The molecule has 0 aromatic heterocycles. The molecular weight excluding hydrogens is 304 g/mol. The van der Waals surface area contributed by atoms with E-state index in [0.29, 0.717) is 6.54 Å². The molecule has 1 atom stereocenters. The van der Waals surface area contributed by atoms with E-state index in [-0.39, 0.29) is 18.9 Å². The normalized spacial score (nSPS) is 17.7. The predicted octanol–water partition coefficient (Wildman–Crippen LogP) is 3.12. The second-order valence-corrected chi connectivity index (χ2v) is 6.22. The van der Waals surface area contributed by atoms with Gasteiger partial charge < -0.3 is 14.8 Å². The Hall–Kier alpha value is -2.69. The number of carbonyl (C=O) groups excluding carboxylic acids is 1. The van der Waals surface area contributed by atoms with Crippen LogP contribution in [0, 0.1) is 0 Å². The van der Waals surface area contributed by atoms with Gasteiger partial charge in [-0.3, -0.25) is 4.90 Å². The lowest BCUT2D eigenvalue weighted by atomic mass is 10.1. The summed E-state index contributed by atoms with van der Waals surface area (Å²) in [6, 6.07) is 14.1. The molecule has 2 aliphatic rings. The monoisotopic (exact) mass is 324 g/mol. The molecule has 24 heavy (non-hydrogen) atoms. The predicted molar refractivity (Wildman–Crippen MR) is 91.8 cm³/mol. The van der Waals surface area contributed by atoms with Crippen molar-refractivity contribution in [1.82, 2.24) is 5.32 Å². The van der Waals surface area contributed by atoms with Crippen LogP contribution in [-0.2, 0) is 12.8 Å². The summed E-state index contributed by atoms with van der Waals surface area (Å²) in [5.41, 5.74) is 3.37. The molecular formula is C19H20N2O3. The second kappa shape index (κ2) is 6.07. The summed E-state index contributed by atoms with van der Waals surface area (Å²) in [6.07, 6.45) is 1.66. The first-order chi connectivity index (χ1) is 11.7. The van der Waals surface area contributed by atoms with E-state index in [1.165, 1.54) is 5.56 Å². The van der Waals surface area contributed by atoms with Gasteiger partial charge in [0.2, 0.25) is 6.79 Å². The standard InChI is InChI=1S/C19H20N2O3/c1-13-10-15-4-2-3-5-16(15)21(13)19(22)20-9-8-14-6-7-17-18(11-14)24-12-23-17/h2-7,11,13H,8-10,12H2,1H3,(H,20,22). The summed E-state index contributed by atoms with van der Waals surface area (Å²) < 4.78 is 10.7. The highest BCUT2D eigenvalue weighted by atomic mass is 16.7. The number of nitrogens with zero attached hydrogens (tertiary/aromatic N) is 1. The van der Waals surface area contributed by atoms with Crippen LogP contribution in [0.15, 0.2) is 42.5 Å². The van der Waals surface area contributed by atoms with Crippen LogP contribution in [0.5, 0.6) is 11.5 Å². The smallest absolute Gasteiger partial charge is 0.322 e. The summed E-state index contributed by atoms with van der Waals surface area (Å²) in [5, 5.41) is 3.03. The van der Waals surface area contributed by atoms with Crippen molar-refractivity contribution in [3.8, 4) is 11.5 Å². The SMILES string of the molecule is CC1Cc2ccccc2N1C(=O)NCCc1ccc2c(c1)OCO2. The van der Waals surface area contributed by atoms with Crippen molar-refractivity contribution in [2.24, 2.45) is 0 Å². The van der Waals surface area contributed by atoms with Crippen LogP contribution < -0.4 is 19.7 Å². The number of urea groups is 1. The molecule has 2 aromatic carbocycles. The van der Waals surface area contributed by atoms with Crippen LogP contribution in [0.4, 0.5) is 10.5 Å². The quantitative estimate of drug-likeness (QED) is 0.944. The fourth-order valence-electron chi connectivity index (χ4n) is 3.37. The molecule has 2 heterocycles. The maximum absolute atomic E-state index is 12.6. The number of hydrogen-bond donors (Lipinski definition) is 1. The Kier molecular flexibility index (Phi) is 3.76. The lowest BCUT2D eigenvalue weighted by Crippen LogP contribution is -2.43. The first-order valence-electron chi connectivity index (χ1n) is 8.26. The van der Waals surface area contributed by atoms with Gasteiger partial charge in [-0.05, 0) is 49.1 Å². The topological polar surface area (TPSA) is 50.8 Å². The van der Waals surface area contributed by atoms with E-state index in [0.717, 1.165) is 35.6 Å². The number of nitrogens with one attached hydrogen (secondary N) is 1. The number of ether oxygens (including phenoxy) is 2. The highest BCUT2D eigenvalue weighted by Crippen LogP contribution is 2.33. The summed E-state index contributed by atoms with van der Waals surface area (Å²) in [7, 11) is 0. The Labute approximate surface area is 141 Å². The molecule has 0 radical (unpaired) electrons. The van der Waals surface area contributed by atoms with Crippen molar-refractivity contribution in [3.05, 3.63) is 53.6 Å². The largest absolute Gasteiger partial charge is 0.454 e. The average molecular weight is 324 g/mol. The number of amides is 2.